The van der Waals surface area contributed by atoms with Gasteiger partial charge in [-0.2, -0.15) is 4.99 Å². The van der Waals surface area contributed by atoms with E-state index in [-0.39, 0.29) is 12.4 Å². The van der Waals surface area contributed by atoms with Crippen LogP contribution in [0.1, 0.15) is 12.5 Å². The van der Waals surface area contributed by atoms with Crippen LogP contribution in [0.25, 0.3) is 0 Å². The molecular formula is C12H12FNO2. The molecule has 1 aromatic carbocycles. The molecule has 0 saturated heterocycles. The maximum atomic E-state index is 12.7. The zero-order chi connectivity index (χ0) is 12.0. The monoisotopic (exact) mass is 221 g/mol. The van der Waals surface area contributed by atoms with Crippen molar-refractivity contribution < 1.29 is 13.9 Å². The summed E-state index contributed by atoms with van der Waals surface area (Å²) in [7, 11) is 0. The first kappa shape index (κ1) is 12.1. The van der Waals surface area contributed by atoms with E-state index in [1.807, 2.05) is 0 Å². The number of aliphatic imine (C=N–C) groups is 1. The summed E-state index contributed by atoms with van der Waals surface area (Å²) in [5, 5.41) is 0. The molecule has 0 N–H and O–H groups in total. The van der Waals surface area contributed by atoms with Crippen molar-refractivity contribution in [3.63, 3.8) is 0 Å². The fourth-order valence-corrected chi connectivity index (χ4v) is 1.10. The SMILES string of the molecule is C=C/C(=N/C(=O)OCC)c1ccc(F)cc1. The Bertz CT molecular complexity index is 410. The average molecular weight is 221 g/mol. The third-order valence-corrected chi connectivity index (χ3v) is 1.81. The van der Waals surface area contributed by atoms with Crippen molar-refractivity contribution in [1.29, 1.82) is 0 Å². The minimum atomic E-state index is -0.679. The van der Waals surface area contributed by atoms with Gasteiger partial charge in [-0.25, -0.2) is 9.18 Å². The largest absolute Gasteiger partial charge is 0.448 e. The maximum Gasteiger partial charge on any atom is 0.434 e. The van der Waals surface area contributed by atoms with Crippen molar-refractivity contribution in [3.8, 4) is 0 Å². The molecule has 0 aliphatic rings. The highest BCUT2D eigenvalue weighted by Crippen LogP contribution is 2.06. The molecule has 1 aromatic rings. The smallest absolute Gasteiger partial charge is 0.434 e. The highest BCUT2D eigenvalue weighted by Gasteiger charge is 2.04. The molecule has 4 heteroatoms. The Morgan fingerprint density at radius 2 is 2.12 bits per heavy atom. The van der Waals surface area contributed by atoms with Gasteiger partial charge in [0.05, 0.1) is 12.3 Å². The van der Waals surface area contributed by atoms with Crippen LogP contribution in [0.2, 0.25) is 0 Å². The van der Waals surface area contributed by atoms with Crippen LogP contribution in [0.4, 0.5) is 9.18 Å². The Kier molecular flexibility index (Phi) is 4.39. The highest BCUT2D eigenvalue weighted by molar-refractivity contribution is 6.12. The summed E-state index contributed by atoms with van der Waals surface area (Å²) in [6.07, 6.45) is 0.742. The van der Waals surface area contributed by atoms with E-state index < -0.39 is 6.09 Å². The van der Waals surface area contributed by atoms with Crippen molar-refractivity contribution in [2.75, 3.05) is 6.61 Å². The van der Waals surface area contributed by atoms with Crippen LogP contribution in [0.3, 0.4) is 0 Å². The van der Waals surface area contributed by atoms with Gasteiger partial charge in [-0.3, -0.25) is 0 Å². The maximum absolute atomic E-state index is 12.7. The summed E-state index contributed by atoms with van der Waals surface area (Å²) in [4.78, 5) is 14.8. The molecule has 0 bridgehead atoms. The summed E-state index contributed by atoms with van der Waals surface area (Å²) in [6.45, 7) is 5.49. The van der Waals surface area contributed by atoms with Gasteiger partial charge in [-0.05, 0) is 37.3 Å². The van der Waals surface area contributed by atoms with Crippen LogP contribution >= 0.6 is 0 Å². The van der Waals surface area contributed by atoms with Crippen LogP contribution in [0, 0.1) is 5.82 Å². The van der Waals surface area contributed by atoms with Crippen molar-refractivity contribution in [2.45, 2.75) is 6.92 Å². The minimum Gasteiger partial charge on any atom is -0.448 e. The van der Waals surface area contributed by atoms with Crippen molar-refractivity contribution in [2.24, 2.45) is 4.99 Å². The number of halogens is 1. The summed E-state index contributed by atoms with van der Waals surface area (Å²) < 4.78 is 17.4. The van der Waals surface area contributed by atoms with Crippen LogP contribution in [0.15, 0.2) is 41.9 Å². The van der Waals surface area contributed by atoms with Gasteiger partial charge < -0.3 is 4.74 Å². The topological polar surface area (TPSA) is 38.7 Å². The number of rotatable bonds is 3. The molecule has 84 valence electrons. The number of allylic oxidation sites excluding steroid dienone is 1. The van der Waals surface area contributed by atoms with E-state index >= 15 is 0 Å². The van der Waals surface area contributed by atoms with E-state index in [0.717, 1.165) is 0 Å². The van der Waals surface area contributed by atoms with Crippen LogP contribution in [-0.2, 0) is 4.74 Å². The van der Waals surface area contributed by atoms with Gasteiger partial charge in [0, 0.05) is 5.56 Å². The molecule has 0 radical (unpaired) electrons. The summed E-state index contributed by atoms with van der Waals surface area (Å²) in [6, 6.07) is 5.63. The zero-order valence-corrected chi connectivity index (χ0v) is 8.94. The van der Waals surface area contributed by atoms with Gasteiger partial charge >= 0.3 is 6.09 Å². The van der Waals surface area contributed by atoms with E-state index in [2.05, 4.69) is 16.3 Å². The quantitative estimate of drug-likeness (QED) is 0.736. The standard InChI is InChI=1S/C12H12FNO2/c1-3-11(14-12(15)16-4-2)9-5-7-10(13)8-6-9/h3,5-8H,1,4H2,2H3/b14-11-. The first-order chi connectivity index (χ1) is 7.67. The second-order valence-electron chi connectivity index (χ2n) is 2.91. The third-order valence-electron chi connectivity index (χ3n) is 1.81. The molecule has 0 heterocycles. The number of hydrogen-bond acceptors (Lipinski definition) is 2. The Labute approximate surface area is 93.3 Å². The van der Waals surface area contributed by atoms with Gasteiger partial charge in [-0.1, -0.05) is 6.58 Å². The molecule has 0 aliphatic carbocycles. The number of nitrogens with zero attached hydrogens (tertiary/aromatic N) is 1. The Hall–Kier alpha value is -1.97. The fraction of sp³-hybridized carbons (Fsp3) is 0.167. The normalized spacial score (nSPS) is 11.0. The van der Waals surface area contributed by atoms with Crippen LogP contribution in [-0.4, -0.2) is 18.4 Å². The lowest BCUT2D eigenvalue weighted by Crippen LogP contribution is -2.04. The van der Waals surface area contributed by atoms with Crippen LogP contribution < -0.4 is 0 Å². The predicted molar refractivity (Wildman–Crippen MR) is 60.2 cm³/mol. The molecule has 0 saturated carbocycles. The first-order valence-electron chi connectivity index (χ1n) is 4.81. The summed E-state index contributed by atoms with van der Waals surface area (Å²) >= 11 is 0. The second-order valence-corrected chi connectivity index (χ2v) is 2.91. The Morgan fingerprint density at radius 1 is 1.50 bits per heavy atom. The molecule has 0 spiro atoms. The average Bonchev–Trinajstić information content (AvgIpc) is 2.27. The molecule has 3 nitrogen and oxygen atoms in total. The van der Waals surface area contributed by atoms with E-state index in [9.17, 15) is 9.18 Å². The van der Waals surface area contributed by atoms with Crippen molar-refractivity contribution in [3.05, 3.63) is 48.3 Å². The fourth-order valence-electron chi connectivity index (χ4n) is 1.10. The van der Waals surface area contributed by atoms with E-state index in [0.29, 0.717) is 11.3 Å². The Balaban J connectivity index is 2.94. The van der Waals surface area contributed by atoms with E-state index in [1.54, 1.807) is 6.92 Å². The molecule has 0 aromatic heterocycles. The molecule has 0 aliphatic heterocycles. The van der Waals surface area contributed by atoms with E-state index in [1.165, 1.54) is 30.3 Å². The molecule has 0 unspecified atom stereocenters. The number of carbonyl (C=O) groups is 1. The number of ether oxygens (including phenoxy) is 1. The number of benzene rings is 1. The molecule has 16 heavy (non-hydrogen) atoms. The molecular weight excluding hydrogens is 209 g/mol. The van der Waals surface area contributed by atoms with Gasteiger partial charge in [-0.15, -0.1) is 0 Å². The predicted octanol–water partition coefficient (Wildman–Crippen LogP) is 2.96. The Morgan fingerprint density at radius 3 is 2.62 bits per heavy atom. The van der Waals surface area contributed by atoms with E-state index in [4.69, 9.17) is 0 Å². The van der Waals surface area contributed by atoms with Crippen molar-refractivity contribution in [1.82, 2.24) is 0 Å². The molecule has 0 atom stereocenters. The third kappa shape index (κ3) is 3.31. The zero-order valence-electron chi connectivity index (χ0n) is 8.94. The van der Waals surface area contributed by atoms with Gasteiger partial charge in [0.15, 0.2) is 0 Å². The molecule has 0 fully saturated rings. The number of amides is 1. The van der Waals surface area contributed by atoms with Gasteiger partial charge in [0.2, 0.25) is 0 Å². The molecule has 1 amide bonds. The lowest BCUT2D eigenvalue weighted by molar-refractivity contribution is 0.163. The van der Waals surface area contributed by atoms with Gasteiger partial charge in [0.25, 0.3) is 0 Å². The number of carbonyl (C=O) groups excluding carboxylic acids is 1. The van der Waals surface area contributed by atoms with Gasteiger partial charge in [0.1, 0.15) is 5.82 Å². The second kappa shape index (κ2) is 5.80. The van der Waals surface area contributed by atoms with Crippen LogP contribution in [0.5, 0.6) is 0 Å². The lowest BCUT2D eigenvalue weighted by atomic mass is 10.1. The highest BCUT2D eigenvalue weighted by atomic mass is 19.1. The van der Waals surface area contributed by atoms with Crippen molar-refractivity contribution >= 4 is 11.8 Å². The lowest BCUT2D eigenvalue weighted by Gasteiger charge is -2.01. The number of hydrogen-bond donors (Lipinski definition) is 0. The summed E-state index contributed by atoms with van der Waals surface area (Å²) in [5.41, 5.74) is 0.975. The first-order valence-corrected chi connectivity index (χ1v) is 4.81. The minimum absolute atomic E-state index is 0.260. The summed E-state index contributed by atoms with van der Waals surface area (Å²) in [5.74, 6) is -0.344. The molecule has 1 rings (SSSR count).